The van der Waals surface area contributed by atoms with Crippen LogP contribution in [-0.4, -0.2) is 40.1 Å². The predicted octanol–water partition coefficient (Wildman–Crippen LogP) is 1.06. The molecule has 2 N–H and O–H groups in total. The Kier molecular flexibility index (Phi) is 4.37. The van der Waals surface area contributed by atoms with Gasteiger partial charge in [0.05, 0.1) is 0 Å². The summed E-state index contributed by atoms with van der Waals surface area (Å²) in [5, 5.41) is 9.07. The van der Waals surface area contributed by atoms with E-state index in [0.29, 0.717) is 13.0 Å². The van der Waals surface area contributed by atoms with Crippen molar-refractivity contribution in [3.8, 4) is 0 Å². The normalized spacial score (nSPS) is 19.5. The quantitative estimate of drug-likeness (QED) is 0.857. The van der Waals surface area contributed by atoms with E-state index >= 15 is 0 Å². The summed E-state index contributed by atoms with van der Waals surface area (Å²) in [6, 6.07) is 3.37. The number of amides is 1. The number of carbonyl (C=O) groups excluding carboxylic acids is 1. The Balaban J connectivity index is 2.23. The average Bonchev–Trinajstić information content (AvgIpc) is 2.39. The summed E-state index contributed by atoms with van der Waals surface area (Å²) in [5.74, 6) is -0.223. The second-order valence-electron chi connectivity index (χ2n) is 5.04. The molecule has 1 aliphatic heterocycles. The second kappa shape index (κ2) is 6.02. The van der Waals surface area contributed by atoms with Crippen molar-refractivity contribution in [2.45, 2.75) is 38.6 Å². The summed E-state index contributed by atoms with van der Waals surface area (Å²) in [5.41, 5.74) is 0.598. The van der Waals surface area contributed by atoms with Crippen LogP contribution in [0.3, 0.4) is 0 Å². The summed E-state index contributed by atoms with van der Waals surface area (Å²) >= 11 is 0. The third kappa shape index (κ3) is 3.04. The Morgan fingerprint density at radius 3 is 2.95 bits per heavy atom. The number of carbonyl (C=O) groups is 1. The maximum atomic E-state index is 12.4. The number of hydrogen-bond donors (Lipinski definition) is 2. The summed E-state index contributed by atoms with van der Waals surface area (Å²) in [6.45, 7) is 2.51. The van der Waals surface area contributed by atoms with Crippen LogP contribution in [0.5, 0.6) is 0 Å². The van der Waals surface area contributed by atoms with Crippen LogP contribution in [0.2, 0.25) is 0 Å². The molecule has 5 heteroatoms. The van der Waals surface area contributed by atoms with Gasteiger partial charge in [0.1, 0.15) is 5.56 Å². The minimum atomic E-state index is -0.335. The smallest absolute Gasteiger partial charge is 0.260 e. The third-order valence-corrected chi connectivity index (χ3v) is 3.64. The van der Waals surface area contributed by atoms with Crippen LogP contribution < -0.4 is 5.56 Å². The largest absolute Gasteiger partial charge is 0.396 e. The van der Waals surface area contributed by atoms with E-state index in [1.165, 1.54) is 0 Å². The Labute approximate surface area is 112 Å². The SMILES string of the molecule is Cc1ccc(C(=O)N2CCCCC2CCO)c(=O)[nH]1. The van der Waals surface area contributed by atoms with Crippen molar-refractivity contribution in [3.63, 3.8) is 0 Å². The molecule has 1 aromatic heterocycles. The van der Waals surface area contributed by atoms with Gasteiger partial charge < -0.3 is 15.0 Å². The molecule has 0 bridgehead atoms. The van der Waals surface area contributed by atoms with Crippen molar-refractivity contribution >= 4 is 5.91 Å². The van der Waals surface area contributed by atoms with Crippen LogP contribution in [0.1, 0.15) is 41.7 Å². The molecule has 1 atom stereocenters. The molecule has 0 aliphatic carbocycles. The highest BCUT2D eigenvalue weighted by Gasteiger charge is 2.28. The first kappa shape index (κ1) is 13.8. The van der Waals surface area contributed by atoms with Crippen molar-refractivity contribution < 1.29 is 9.90 Å². The minimum absolute atomic E-state index is 0.0481. The number of aromatic amines is 1. The summed E-state index contributed by atoms with van der Waals surface area (Å²) in [4.78, 5) is 28.7. The molecular weight excluding hydrogens is 244 g/mol. The number of aliphatic hydroxyl groups excluding tert-OH is 1. The van der Waals surface area contributed by atoms with E-state index in [4.69, 9.17) is 5.11 Å². The number of hydrogen-bond acceptors (Lipinski definition) is 3. The average molecular weight is 264 g/mol. The molecule has 1 saturated heterocycles. The Morgan fingerprint density at radius 1 is 1.47 bits per heavy atom. The maximum absolute atomic E-state index is 12.4. The van der Waals surface area contributed by atoms with Crippen molar-refractivity contribution in [3.05, 3.63) is 33.7 Å². The molecule has 0 radical (unpaired) electrons. The van der Waals surface area contributed by atoms with E-state index in [2.05, 4.69) is 4.98 Å². The molecule has 1 aromatic rings. The zero-order valence-electron chi connectivity index (χ0n) is 11.2. The van der Waals surface area contributed by atoms with Gasteiger partial charge in [-0.25, -0.2) is 0 Å². The molecule has 1 fully saturated rings. The molecule has 19 heavy (non-hydrogen) atoms. The molecule has 1 unspecified atom stereocenters. The number of aromatic nitrogens is 1. The molecule has 104 valence electrons. The number of piperidine rings is 1. The third-order valence-electron chi connectivity index (χ3n) is 3.64. The number of aliphatic hydroxyl groups is 1. The van der Waals surface area contributed by atoms with E-state index < -0.39 is 0 Å². The van der Waals surface area contributed by atoms with Gasteiger partial charge in [0, 0.05) is 24.9 Å². The van der Waals surface area contributed by atoms with Gasteiger partial charge in [-0.15, -0.1) is 0 Å². The van der Waals surface area contributed by atoms with E-state index in [9.17, 15) is 9.59 Å². The molecule has 5 nitrogen and oxygen atoms in total. The van der Waals surface area contributed by atoms with Crippen LogP contribution in [0, 0.1) is 6.92 Å². The summed E-state index contributed by atoms with van der Waals surface area (Å²) in [6.07, 6.45) is 3.50. The van der Waals surface area contributed by atoms with E-state index in [1.807, 2.05) is 0 Å². The lowest BCUT2D eigenvalue weighted by atomic mass is 9.98. The predicted molar refractivity (Wildman–Crippen MR) is 72.2 cm³/mol. The highest BCUT2D eigenvalue weighted by Crippen LogP contribution is 2.21. The van der Waals surface area contributed by atoms with Crippen LogP contribution in [-0.2, 0) is 0 Å². The number of rotatable bonds is 3. The molecule has 2 heterocycles. The summed E-state index contributed by atoms with van der Waals surface area (Å²) in [7, 11) is 0. The number of H-pyrrole nitrogens is 1. The Morgan fingerprint density at radius 2 is 2.26 bits per heavy atom. The van der Waals surface area contributed by atoms with Crippen molar-refractivity contribution in [2.75, 3.05) is 13.2 Å². The number of aryl methyl sites for hydroxylation is 1. The van der Waals surface area contributed by atoms with Crippen molar-refractivity contribution in [2.24, 2.45) is 0 Å². The van der Waals surface area contributed by atoms with Crippen molar-refractivity contribution in [1.82, 2.24) is 9.88 Å². The Hall–Kier alpha value is -1.62. The van der Waals surface area contributed by atoms with Crippen molar-refractivity contribution in [1.29, 1.82) is 0 Å². The fourth-order valence-electron chi connectivity index (χ4n) is 2.61. The number of nitrogens with zero attached hydrogens (tertiary/aromatic N) is 1. The van der Waals surface area contributed by atoms with Crippen LogP contribution in [0.15, 0.2) is 16.9 Å². The van der Waals surface area contributed by atoms with Gasteiger partial charge in [-0.2, -0.15) is 0 Å². The number of likely N-dealkylation sites (tertiary alicyclic amines) is 1. The maximum Gasteiger partial charge on any atom is 0.260 e. The topological polar surface area (TPSA) is 73.4 Å². The highest BCUT2D eigenvalue weighted by atomic mass is 16.3. The minimum Gasteiger partial charge on any atom is -0.396 e. The first-order valence-electron chi connectivity index (χ1n) is 6.75. The standard InChI is InChI=1S/C14H20N2O3/c1-10-5-6-12(13(18)15-10)14(19)16-8-3-2-4-11(16)7-9-17/h5-6,11,17H,2-4,7-9H2,1H3,(H,15,18). The van der Waals surface area contributed by atoms with E-state index in [-0.39, 0.29) is 29.7 Å². The molecule has 0 spiro atoms. The van der Waals surface area contributed by atoms with Crippen LogP contribution >= 0.6 is 0 Å². The highest BCUT2D eigenvalue weighted by molar-refractivity contribution is 5.94. The van der Waals surface area contributed by atoms with Gasteiger partial charge in [-0.05, 0) is 44.7 Å². The van der Waals surface area contributed by atoms with Gasteiger partial charge in [-0.1, -0.05) is 0 Å². The summed E-state index contributed by atoms with van der Waals surface area (Å²) < 4.78 is 0. The second-order valence-corrected chi connectivity index (χ2v) is 5.04. The van der Waals surface area contributed by atoms with Crippen LogP contribution in [0.25, 0.3) is 0 Å². The van der Waals surface area contributed by atoms with Gasteiger partial charge in [-0.3, -0.25) is 9.59 Å². The van der Waals surface area contributed by atoms with Gasteiger partial charge >= 0.3 is 0 Å². The number of pyridine rings is 1. The first-order valence-corrected chi connectivity index (χ1v) is 6.75. The van der Waals surface area contributed by atoms with Gasteiger partial charge in [0.15, 0.2) is 0 Å². The molecule has 2 rings (SSSR count). The lowest BCUT2D eigenvalue weighted by Gasteiger charge is -2.35. The van der Waals surface area contributed by atoms with E-state index in [0.717, 1.165) is 25.0 Å². The molecular formula is C14H20N2O3. The zero-order valence-corrected chi connectivity index (χ0v) is 11.2. The van der Waals surface area contributed by atoms with E-state index in [1.54, 1.807) is 24.0 Å². The Bertz CT molecular complexity index is 508. The van der Waals surface area contributed by atoms with Gasteiger partial charge in [0.2, 0.25) is 0 Å². The van der Waals surface area contributed by atoms with Gasteiger partial charge in [0.25, 0.3) is 11.5 Å². The molecule has 0 saturated carbocycles. The lowest BCUT2D eigenvalue weighted by molar-refractivity contribution is 0.0573. The lowest BCUT2D eigenvalue weighted by Crippen LogP contribution is -2.45. The first-order chi connectivity index (χ1) is 9.13. The molecule has 0 aromatic carbocycles. The van der Waals surface area contributed by atoms with Crippen LogP contribution in [0.4, 0.5) is 0 Å². The fourth-order valence-corrected chi connectivity index (χ4v) is 2.61. The number of nitrogens with one attached hydrogen (secondary N) is 1. The molecule has 1 amide bonds. The molecule has 1 aliphatic rings. The fraction of sp³-hybridized carbons (Fsp3) is 0.571. The zero-order chi connectivity index (χ0) is 13.8. The monoisotopic (exact) mass is 264 g/mol.